The van der Waals surface area contributed by atoms with Crippen molar-refractivity contribution in [3.05, 3.63) is 0 Å². The molecule has 0 aromatic rings. The Kier molecular flexibility index (Phi) is 3.82. The number of nitrogens with one attached hydrogen (secondary N) is 2. The number of hydrogen-bond acceptors (Lipinski definition) is 4. The predicted octanol–water partition coefficient (Wildman–Crippen LogP) is 0.191. The molecule has 102 valence electrons. The zero-order chi connectivity index (χ0) is 12.4. The Hall–Kier alpha value is -0.650. The van der Waals surface area contributed by atoms with Crippen LogP contribution in [0, 0.1) is 0 Å². The standard InChI is InChI=1S/C13H22N2O3/c16-13(15-9-3-5-17-6-4-9)8-14-11-7-10-1-2-12(11)18-10/h9-12,14H,1-8H2,(H,15,16). The van der Waals surface area contributed by atoms with Crippen LogP contribution in [0.5, 0.6) is 0 Å². The zero-order valence-corrected chi connectivity index (χ0v) is 10.7. The summed E-state index contributed by atoms with van der Waals surface area (Å²) < 4.78 is 11.0. The van der Waals surface area contributed by atoms with Gasteiger partial charge in [-0.05, 0) is 32.1 Å². The Morgan fingerprint density at radius 1 is 1.17 bits per heavy atom. The van der Waals surface area contributed by atoms with Crippen LogP contribution in [-0.4, -0.2) is 50.0 Å². The highest BCUT2D eigenvalue weighted by Crippen LogP contribution is 2.34. The van der Waals surface area contributed by atoms with E-state index in [1.165, 1.54) is 6.42 Å². The third-order valence-corrected chi connectivity index (χ3v) is 4.22. The molecule has 3 atom stereocenters. The van der Waals surface area contributed by atoms with Crippen LogP contribution in [-0.2, 0) is 14.3 Å². The predicted molar refractivity (Wildman–Crippen MR) is 66.3 cm³/mol. The highest BCUT2D eigenvalue weighted by Gasteiger charge is 2.40. The molecule has 3 aliphatic heterocycles. The number of hydrogen-bond donors (Lipinski definition) is 2. The zero-order valence-electron chi connectivity index (χ0n) is 10.7. The molecule has 18 heavy (non-hydrogen) atoms. The van der Waals surface area contributed by atoms with E-state index in [9.17, 15) is 4.79 Å². The van der Waals surface area contributed by atoms with Gasteiger partial charge in [0.25, 0.3) is 0 Å². The van der Waals surface area contributed by atoms with E-state index in [2.05, 4.69) is 10.6 Å². The first-order chi connectivity index (χ1) is 8.81. The summed E-state index contributed by atoms with van der Waals surface area (Å²) in [6.07, 6.45) is 6.04. The van der Waals surface area contributed by atoms with Crippen LogP contribution in [0.3, 0.4) is 0 Å². The SMILES string of the molecule is O=C(CNC1CC2CCC1O2)NC1CCOCC1. The first-order valence-corrected chi connectivity index (χ1v) is 7.07. The molecular weight excluding hydrogens is 232 g/mol. The van der Waals surface area contributed by atoms with Crippen LogP contribution in [0.1, 0.15) is 32.1 Å². The molecule has 3 rings (SSSR count). The Morgan fingerprint density at radius 2 is 2.00 bits per heavy atom. The molecule has 0 spiro atoms. The van der Waals surface area contributed by atoms with E-state index in [1.807, 2.05) is 0 Å². The maximum absolute atomic E-state index is 11.8. The maximum Gasteiger partial charge on any atom is 0.234 e. The Bertz CT molecular complexity index is 305. The average Bonchev–Trinajstić information content (AvgIpc) is 3.00. The van der Waals surface area contributed by atoms with Crippen LogP contribution in [0.4, 0.5) is 0 Å². The van der Waals surface area contributed by atoms with Gasteiger partial charge in [0.2, 0.25) is 5.91 Å². The van der Waals surface area contributed by atoms with E-state index < -0.39 is 0 Å². The Morgan fingerprint density at radius 3 is 2.67 bits per heavy atom. The third kappa shape index (κ3) is 2.84. The minimum absolute atomic E-state index is 0.102. The molecule has 0 aromatic carbocycles. The molecule has 2 N–H and O–H groups in total. The van der Waals surface area contributed by atoms with E-state index in [4.69, 9.17) is 9.47 Å². The van der Waals surface area contributed by atoms with Crippen molar-refractivity contribution >= 4 is 5.91 Å². The minimum Gasteiger partial charge on any atom is -0.381 e. The van der Waals surface area contributed by atoms with Gasteiger partial charge in [0.05, 0.1) is 18.8 Å². The molecule has 3 unspecified atom stereocenters. The lowest BCUT2D eigenvalue weighted by molar-refractivity contribution is -0.121. The van der Waals surface area contributed by atoms with E-state index in [0.29, 0.717) is 30.8 Å². The van der Waals surface area contributed by atoms with Crippen LogP contribution in [0.25, 0.3) is 0 Å². The summed E-state index contributed by atoms with van der Waals surface area (Å²) >= 11 is 0. The normalized spacial score (nSPS) is 35.9. The minimum atomic E-state index is 0.102. The van der Waals surface area contributed by atoms with Gasteiger partial charge < -0.3 is 20.1 Å². The molecule has 2 bridgehead atoms. The number of fused-ring (bicyclic) bond motifs is 2. The van der Waals surface area contributed by atoms with Crippen LogP contribution < -0.4 is 10.6 Å². The van der Waals surface area contributed by atoms with Crippen molar-refractivity contribution < 1.29 is 14.3 Å². The number of carbonyl (C=O) groups excluding carboxylic acids is 1. The second kappa shape index (κ2) is 5.55. The molecule has 3 heterocycles. The first-order valence-electron chi connectivity index (χ1n) is 7.07. The van der Waals surface area contributed by atoms with Crippen molar-refractivity contribution in [3.8, 4) is 0 Å². The quantitative estimate of drug-likeness (QED) is 0.752. The number of rotatable bonds is 4. The second-order valence-electron chi connectivity index (χ2n) is 5.55. The fourth-order valence-corrected chi connectivity index (χ4v) is 3.20. The summed E-state index contributed by atoms with van der Waals surface area (Å²) in [5, 5.41) is 6.40. The summed E-state index contributed by atoms with van der Waals surface area (Å²) in [6, 6.07) is 0.675. The smallest absolute Gasteiger partial charge is 0.234 e. The molecular formula is C13H22N2O3. The van der Waals surface area contributed by atoms with Gasteiger partial charge in [0.15, 0.2) is 0 Å². The van der Waals surface area contributed by atoms with E-state index in [0.717, 1.165) is 38.9 Å². The highest BCUT2D eigenvalue weighted by atomic mass is 16.5. The topological polar surface area (TPSA) is 59.6 Å². The number of carbonyl (C=O) groups is 1. The van der Waals surface area contributed by atoms with Gasteiger partial charge in [-0.25, -0.2) is 0 Å². The monoisotopic (exact) mass is 254 g/mol. The molecule has 0 aliphatic carbocycles. The molecule has 3 fully saturated rings. The van der Waals surface area contributed by atoms with Crippen molar-refractivity contribution in [2.24, 2.45) is 0 Å². The summed E-state index contributed by atoms with van der Waals surface area (Å²) in [7, 11) is 0. The molecule has 0 saturated carbocycles. The van der Waals surface area contributed by atoms with Crippen LogP contribution in [0.15, 0.2) is 0 Å². The van der Waals surface area contributed by atoms with Gasteiger partial charge in [-0.3, -0.25) is 4.79 Å². The van der Waals surface area contributed by atoms with Gasteiger partial charge >= 0.3 is 0 Å². The van der Waals surface area contributed by atoms with Gasteiger partial charge in [0, 0.05) is 25.3 Å². The van der Waals surface area contributed by atoms with Crippen LogP contribution >= 0.6 is 0 Å². The molecule has 1 amide bonds. The van der Waals surface area contributed by atoms with Gasteiger partial charge in [-0.2, -0.15) is 0 Å². The highest BCUT2D eigenvalue weighted by molar-refractivity contribution is 5.78. The number of amides is 1. The third-order valence-electron chi connectivity index (χ3n) is 4.22. The van der Waals surface area contributed by atoms with Gasteiger partial charge in [-0.15, -0.1) is 0 Å². The molecule has 0 aromatic heterocycles. The second-order valence-corrected chi connectivity index (χ2v) is 5.55. The first kappa shape index (κ1) is 12.4. The summed E-state index contributed by atoms with van der Waals surface area (Å²) in [6.45, 7) is 1.94. The summed E-state index contributed by atoms with van der Waals surface area (Å²) in [5.74, 6) is 0.102. The lowest BCUT2D eigenvalue weighted by atomic mass is 9.95. The molecule has 3 aliphatic rings. The van der Waals surface area contributed by atoms with E-state index >= 15 is 0 Å². The molecule has 5 heteroatoms. The van der Waals surface area contributed by atoms with E-state index in [1.54, 1.807) is 0 Å². The average molecular weight is 254 g/mol. The summed E-state index contributed by atoms with van der Waals surface area (Å²) in [4.78, 5) is 11.8. The lowest BCUT2D eigenvalue weighted by Gasteiger charge is -2.24. The van der Waals surface area contributed by atoms with E-state index in [-0.39, 0.29) is 5.91 Å². The molecule has 5 nitrogen and oxygen atoms in total. The maximum atomic E-state index is 11.8. The molecule has 3 saturated heterocycles. The number of ether oxygens (including phenoxy) is 2. The lowest BCUT2D eigenvalue weighted by Crippen LogP contribution is -2.47. The summed E-state index contributed by atoms with van der Waals surface area (Å²) in [5.41, 5.74) is 0. The van der Waals surface area contributed by atoms with Gasteiger partial charge in [0.1, 0.15) is 0 Å². The van der Waals surface area contributed by atoms with Crippen molar-refractivity contribution in [2.75, 3.05) is 19.8 Å². The fraction of sp³-hybridized carbons (Fsp3) is 0.923. The molecule has 0 radical (unpaired) electrons. The van der Waals surface area contributed by atoms with Crippen LogP contribution in [0.2, 0.25) is 0 Å². The van der Waals surface area contributed by atoms with Crippen molar-refractivity contribution in [2.45, 2.75) is 56.4 Å². The Labute approximate surface area is 108 Å². The van der Waals surface area contributed by atoms with Gasteiger partial charge in [-0.1, -0.05) is 0 Å². The largest absolute Gasteiger partial charge is 0.381 e. The van der Waals surface area contributed by atoms with Crippen molar-refractivity contribution in [3.63, 3.8) is 0 Å². The Balaban J connectivity index is 1.36. The van der Waals surface area contributed by atoms with Crippen molar-refractivity contribution in [1.82, 2.24) is 10.6 Å². The fourth-order valence-electron chi connectivity index (χ4n) is 3.20. The van der Waals surface area contributed by atoms with Crippen molar-refractivity contribution in [1.29, 1.82) is 0 Å².